The topological polar surface area (TPSA) is 38.2 Å². The molecule has 3 aliphatic heterocycles. The largest absolute Gasteiger partial charge is 0.472 e. The van der Waals surface area contributed by atoms with Gasteiger partial charge in [-0.2, -0.15) is 0 Å². The van der Waals surface area contributed by atoms with Crippen LogP contribution >= 0.6 is 0 Å². The molecule has 3 aliphatic rings. The monoisotopic (exact) mass is 313 g/mol. The van der Waals surface area contributed by atoms with Crippen molar-refractivity contribution in [3.63, 3.8) is 0 Å². The zero-order chi connectivity index (χ0) is 15.8. The molecular formula is C18H20FN3O. The van der Waals surface area contributed by atoms with Gasteiger partial charge in [0.15, 0.2) is 0 Å². The highest BCUT2D eigenvalue weighted by molar-refractivity contribution is 5.60. The summed E-state index contributed by atoms with van der Waals surface area (Å²) in [5.41, 5.74) is 2.01. The summed E-state index contributed by atoms with van der Waals surface area (Å²) in [5, 5.41) is 8.30. The fourth-order valence-corrected chi connectivity index (χ4v) is 3.56. The predicted molar refractivity (Wildman–Crippen MR) is 85.7 cm³/mol. The van der Waals surface area contributed by atoms with Gasteiger partial charge in [-0.25, -0.2) is 4.39 Å². The molecule has 1 aromatic carbocycles. The number of piperidine rings is 3. The summed E-state index contributed by atoms with van der Waals surface area (Å²) >= 11 is 0. The molecule has 4 nitrogen and oxygen atoms in total. The van der Waals surface area contributed by atoms with E-state index in [-0.39, 0.29) is 11.9 Å². The van der Waals surface area contributed by atoms with Crippen LogP contribution in [0.2, 0.25) is 0 Å². The van der Waals surface area contributed by atoms with Gasteiger partial charge in [0.2, 0.25) is 5.88 Å². The highest BCUT2D eigenvalue weighted by Crippen LogP contribution is 2.30. The van der Waals surface area contributed by atoms with Crippen LogP contribution in [0.1, 0.15) is 18.4 Å². The highest BCUT2D eigenvalue weighted by atomic mass is 19.1. The van der Waals surface area contributed by atoms with Crippen LogP contribution in [0, 0.1) is 18.7 Å². The van der Waals surface area contributed by atoms with E-state index >= 15 is 0 Å². The van der Waals surface area contributed by atoms with Crippen LogP contribution in [-0.2, 0) is 0 Å². The van der Waals surface area contributed by atoms with Gasteiger partial charge in [0.1, 0.15) is 11.9 Å². The SMILES string of the molecule is Cc1ccc(F)c(-c2ccc(OC3CN4CCC3CC4)nn2)c1. The van der Waals surface area contributed by atoms with Crippen molar-refractivity contribution >= 4 is 0 Å². The normalized spacial score (nSPS) is 26.3. The van der Waals surface area contributed by atoms with Crippen molar-refractivity contribution in [1.29, 1.82) is 0 Å². The van der Waals surface area contributed by atoms with Crippen molar-refractivity contribution in [1.82, 2.24) is 15.1 Å². The van der Waals surface area contributed by atoms with Crippen LogP contribution in [0.3, 0.4) is 0 Å². The van der Waals surface area contributed by atoms with E-state index in [0.29, 0.717) is 23.1 Å². The maximum atomic E-state index is 13.9. The van der Waals surface area contributed by atoms with Gasteiger partial charge in [0.25, 0.3) is 0 Å². The molecule has 0 saturated carbocycles. The van der Waals surface area contributed by atoms with Crippen molar-refractivity contribution in [2.24, 2.45) is 5.92 Å². The third kappa shape index (κ3) is 2.93. The number of rotatable bonds is 3. The summed E-state index contributed by atoms with van der Waals surface area (Å²) in [7, 11) is 0. The number of benzene rings is 1. The zero-order valence-electron chi connectivity index (χ0n) is 13.2. The van der Waals surface area contributed by atoms with Crippen molar-refractivity contribution < 1.29 is 9.13 Å². The lowest BCUT2D eigenvalue weighted by Crippen LogP contribution is -2.52. The molecule has 5 rings (SSSR count). The molecule has 2 bridgehead atoms. The molecule has 3 fully saturated rings. The maximum absolute atomic E-state index is 13.9. The second-order valence-electron chi connectivity index (χ2n) is 6.53. The minimum Gasteiger partial charge on any atom is -0.472 e. The Kier molecular flexibility index (Phi) is 3.73. The number of fused-ring (bicyclic) bond motifs is 3. The number of halogens is 1. The second kappa shape index (κ2) is 5.89. The van der Waals surface area contributed by atoms with E-state index in [4.69, 9.17) is 4.74 Å². The van der Waals surface area contributed by atoms with E-state index in [0.717, 1.165) is 12.1 Å². The Balaban J connectivity index is 1.51. The molecule has 1 aromatic heterocycles. The summed E-state index contributed by atoms with van der Waals surface area (Å²) in [6.07, 6.45) is 2.60. The van der Waals surface area contributed by atoms with Crippen LogP contribution in [0.15, 0.2) is 30.3 Å². The molecule has 2 aromatic rings. The molecule has 0 aliphatic carbocycles. The molecule has 0 radical (unpaired) electrons. The molecule has 0 N–H and O–H groups in total. The summed E-state index contributed by atoms with van der Waals surface area (Å²) in [6.45, 7) is 5.27. The molecule has 3 saturated heterocycles. The van der Waals surface area contributed by atoms with E-state index < -0.39 is 0 Å². The molecule has 120 valence electrons. The first-order valence-electron chi connectivity index (χ1n) is 8.18. The lowest BCUT2D eigenvalue weighted by molar-refractivity contribution is -0.0103. The average Bonchev–Trinajstić information content (AvgIpc) is 2.59. The van der Waals surface area contributed by atoms with Gasteiger partial charge in [0.05, 0.1) is 5.69 Å². The summed E-state index contributed by atoms with van der Waals surface area (Å²) < 4.78 is 20.0. The van der Waals surface area contributed by atoms with Crippen molar-refractivity contribution in [3.05, 3.63) is 41.7 Å². The zero-order valence-corrected chi connectivity index (χ0v) is 13.2. The molecule has 5 heteroatoms. The smallest absolute Gasteiger partial charge is 0.233 e. The average molecular weight is 313 g/mol. The van der Waals surface area contributed by atoms with Gasteiger partial charge in [-0.1, -0.05) is 11.6 Å². The first kappa shape index (κ1) is 14.6. The Morgan fingerprint density at radius 2 is 1.96 bits per heavy atom. The fraction of sp³-hybridized carbons (Fsp3) is 0.444. The molecule has 0 spiro atoms. The third-order valence-corrected chi connectivity index (χ3v) is 4.91. The van der Waals surface area contributed by atoms with Crippen LogP contribution in [0.4, 0.5) is 4.39 Å². The predicted octanol–water partition coefficient (Wildman–Crippen LogP) is 3.06. The third-order valence-electron chi connectivity index (χ3n) is 4.91. The first-order valence-corrected chi connectivity index (χ1v) is 8.18. The number of aromatic nitrogens is 2. The minimum absolute atomic E-state index is 0.202. The number of hydrogen-bond acceptors (Lipinski definition) is 4. The van der Waals surface area contributed by atoms with E-state index in [1.807, 2.05) is 6.92 Å². The van der Waals surface area contributed by atoms with Crippen LogP contribution in [0.25, 0.3) is 11.3 Å². The summed E-state index contributed by atoms with van der Waals surface area (Å²) in [5.74, 6) is 0.868. The van der Waals surface area contributed by atoms with Crippen LogP contribution in [-0.4, -0.2) is 40.8 Å². The molecule has 1 atom stereocenters. The lowest BCUT2D eigenvalue weighted by atomic mass is 9.86. The van der Waals surface area contributed by atoms with E-state index in [2.05, 4.69) is 15.1 Å². The summed E-state index contributed by atoms with van der Waals surface area (Å²) in [6, 6.07) is 8.57. The molecule has 23 heavy (non-hydrogen) atoms. The maximum Gasteiger partial charge on any atom is 0.233 e. The second-order valence-corrected chi connectivity index (χ2v) is 6.53. The Morgan fingerprint density at radius 3 is 2.61 bits per heavy atom. The number of nitrogens with zero attached hydrogens (tertiary/aromatic N) is 3. The van der Waals surface area contributed by atoms with Crippen molar-refractivity contribution in [2.45, 2.75) is 25.9 Å². The number of ether oxygens (including phenoxy) is 1. The van der Waals surface area contributed by atoms with Gasteiger partial charge < -0.3 is 4.74 Å². The van der Waals surface area contributed by atoms with Crippen molar-refractivity contribution in [2.75, 3.05) is 19.6 Å². The van der Waals surface area contributed by atoms with E-state index in [9.17, 15) is 4.39 Å². The van der Waals surface area contributed by atoms with E-state index in [1.54, 1.807) is 24.3 Å². The highest BCUT2D eigenvalue weighted by Gasteiger charge is 2.35. The van der Waals surface area contributed by atoms with Crippen molar-refractivity contribution in [3.8, 4) is 17.1 Å². The molecule has 0 amide bonds. The quantitative estimate of drug-likeness (QED) is 0.873. The van der Waals surface area contributed by atoms with E-state index in [1.165, 1.54) is 32.0 Å². The lowest BCUT2D eigenvalue weighted by Gasteiger charge is -2.44. The Bertz CT molecular complexity index is 696. The van der Waals surface area contributed by atoms with Gasteiger partial charge in [-0.05, 0) is 57.0 Å². The first-order chi connectivity index (χ1) is 11.2. The minimum atomic E-state index is -0.282. The van der Waals surface area contributed by atoms with Gasteiger partial charge >= 0.3 is 0 Å². The summed E-state index contributed by atoms with van der Waals surface area (Å²) in [4.78, 5) is 2.44. The van der Waals surface area contributed by atoms with Crippen LogP contribution < -0.4 is 4.74 Å². The van der Waals surface area contributed by atoms with Gasteiger partial charge in [-0.15, -0.1) is 10.2 Å². The van der Waals surface area contributed by atoms with Crippen LogP contribution in [0.5, 0.6) is 5.88 Å². The Hall–Kier alpha value is -2.01. The number of aryl methyl sites for hydroxylation is 1. The standard InChI is InChI=1S/C18H20FN3O/c1-12-2-3-15(19)14(10-12)16-4-5-18(21-20-16)23-17-11-22-8-6-13(17)7-9-22/h2-5,10,13,17H,6-9,11H2,1H3. The fourth-order valence-electron chi connectivity index (χ4n) is 3.56. The molecule has 1 unspecified atom stereocenters. The number of hydrogen-bond donors (Lipinski definition) is 0. The van der Waals surface area contributed by atoms with Gasteiger partial charge in [0, 0.05) is 18.2 Å². The Labute approximate surface area is 135 Å². The van der Waals surface area contributed by atoms with Gasteiger partial charge in [-0.3, -0.25) is 4.90 Å². The Morgan fingerprint density at radius 1 is 1.13 bits per heavy atom. The molecular weight excluding hydrogens is 293 g/mol. The molecule has 4 heterocycles.